The van der Waals surface area contributed by atoms with E-state index in [9.17, 15) is 0 Å². The maximum Gasteiger partial charge on any atom is 0.104 e. The second-order valence-corrected chi connectivity index (χ2v) is 5.14. The lowest BCUT2D eigenvalue weighted by molar-refractivity contribution is 0.0846. The smallest absolute Gasteiger partial charge is 0.104 e. The number of aryl methyl sites for hydroxylation is 1. The van der Waals surface area contributed by atoms with Crippen LogP contribution in [0, 0.1) is 6.92 Å². The summed E-state index contributed by atoms with van der Waals surface area (Å²) in [6, 6.07) is 6.12. The van der Waals surface area contributed by atoms with Crippen LogP contribution in [0.3, 0.4) is 0 Å². The quantitative estimate of drug-likeness (QED) is 0.803. The maximum atomic E-state index is 5.65. The Morgan fingerprint density at radius 1 is 1.44 bits per heavy atom. The molecule has 1 aromatic carbocycles. The highest BCUT2D eigenvalue weighted by Gasteiger charge is 2.06. The summed E-state index contributed by atoms with van der Waals surface area (Å²) in [5.74, 6) is 0. The topological polar surface area (TPSA) is 38.5 Å². The summed E-state index contributed by atoms with van der Waals surface area (Å²) < 4.78 is 5.54. The molecule has 0 saturated heterocycles. The summed E-state index contributed by atoms with van der Waals surface area (Å²) >= 11 is 5.00. The van der Waals surface area contributed by atoms with Crippen LogP contribution in [0.15, 0.2) is 18.2 Å². The number of likely N-dealkylation sites (N-methyl/N-ethyl adjacent to an activating group) is 1. The van der Waals surface area contributed by atoms with E-state index >= 15 is 0 Å². The molecule has 0 aliphatic rings. The molecular formula is C14H22N2OS. The molecule has 3 nitrogen and oxygen atoms in total. The first-order valence-electron chi connectivity index (χ1n) is 6.15. The number of benzene rings is 1. The summed E-state index contributed by atoms with van der Waals surface area (Å²) in [4.78, 5) is 2.61. The minimum Gasteiger partial charge on any atom is -0.389 e. The molecule has 4 heteroatoms. The highest BCUT2D eigenvalue weighted by molar-refractivity contribution is 7.80. The Kier molecular flexibility index (Phi) is 5.56. The van der Waals surface area contributed by atoms with E-state index in [0.29, 0.717) is 4.99 Å². The van der Waals surface area contributed by atoms with Crippen molar-refractivity contribution in [2.24, 2.45) is 5.73 Å². The fourth-order valence-corrected chi connectivity index (χ4v) is 1.95. The van der Waals surface area contributed by atoms with Crippen LogP contribution in [-0.4, -0.2) is 31.3 Å². The summed E-state index contributed by atoms with van der Waals surface area (Å²) in [7, 11) is 2.05. The van der Waals surface area contributed by atoms with Crippen molar-refractivity contribution in [2.45, 2.75) is 26.9 Å². The zero-order chi connectivity index (χ0) is 13.7. The SMILES string of the molecule is Cc1cc(N(C)CCOC(C)C)ccc1C(N)=S. The third-order valence-electron chi connectivity index (χ3n) is 2.79. The Labute approximate surface area is 115 Å². The monoisotopic (exact) mass is 266 g/mol. The lowest BCUT2D eigenvalue weighted by atomic mass is 10.1. The number of thiocarbonyl (C=S) groups is 1. The average Bonchev–Trinajstić information content (AvgIpc) is 2.27. The van der Waals surface area contributed by atoms with Crippen molar-refractivity contribution in [1.29, 1.82) is 0 Å². The summed E-state index contributed by atoms with van der Waals surface area (Å²) in [5.41, 5.74) is 8.86. The molecule has 0 saturated carbocycles. The maximum absolute atomic E-state index is 5.65. The van der Waals surface area contributed by atoms with Crippen LogP contribution in [0.1, 0.15) is 25.0 Å². The molecule has 0 atom stereocenters. The van der Waals surface area contributed by atoms with Gasteiger partial charge in [-0.1, -0.05) is 12.2 Å². The Bertz CT molecular complexity index is 418. The third kappa shape index (κ3) is 4.27. The van der Waals surface area contributed by atoms with Gasteiger partial charge in [0.2, 0.25) is 0 Å². The van der Waals surface area contributed by atoms with E-state index in [2.05, 4.69) is 18.0 Å². The van der Waals surface area contributed by atoms with Crippen molar-refractivity contribution < 1.29 is 4.74 Å². The lowest BCUT2D eigenvalue weighted by Crippen LogP contribution is -2.24. The van der Waals surface area contributed by atoms with Crippen molar-refractivity contribution in [3.63, 3.8) is 0 Å². The van der Waals surface area contributed by atoms with Crippen molar-refractivity contribution in [3.05, 3.63) is 29.3 Å². The standard InChI is InChI=1S/C14H22N2OS/c1-10(2)17-8-7-16(4)12-5-6-13(14(15)18)11(3)9-12/h5-6,9-10H,7-8H2,1-4H3,(H2,15,18). The number of anilines is 1. The predicted molar refractivity (Wildman–Crippen MR) is 81.4 cm³/mol. The summed E-state index contributed by atoms with van der Waals surface area (Å²) in [6.07, 6.45) is 0.275. The second-order valence-electron chi connectivity index (χ2n) is 4.70. The predicted octanol–water partition coefficient (Wildman–Crippen LogP) is 2.49. The van der Waals surface area contributed by atoms with Gasteiger partial charge in [-0.2, -0.15) is 0 Å². The number of ether oxygens (including phenoxy) is 1. The average molecular weight is 266 g/mol. The molecule has 0 aliphatic carbocycles. The zero-order valence-corrected chi connectivity index (χ0v) is 12.4. The van der Waals surface area contributed by atoms with E-state index in [0.717, 1.165) is 30.0 Å². The molecule has 0 spiro atoms. The van der Waals surface area contributed by atoms with Crippen LogP contribution in [0.2, 0.25) is 0 Å². The van der Waals surface area contributed by atoms with Crippen LogP contribution in [-0.2, 0) is 4.74 Å². The first kappa shape index (κ1) is 14.9. The van der Waals surface area contributed by atoms with Gasteiger partial charge in [0.25, 0.3) is 0 Å². The highest BCUT2D eigenvalue weighted by Crippen LogP contribution is 2.18. The van der Waals surface area contributed by atoms with Gasteiger partial charge in [0, 0.05) is 24.8 Å². The van der Waals surface area contributed by atoms with Crippen LogP contribution >= 0.6 is 12.2 Å². The summed E-state index contributed by atoms with van der Waals surface area (Å²) in [5, 5.41) is 0. The molecule has 0 unspecified atom stereocenters. The molecule has 0 aromatic heterocycles. The highest BCUT2D eigenvalue weighted by atomic mass is 32.1. The molecule has 1 aromatic rings. The molecule has 1 rings (SSSR count). The van der Waals surface area contributed by atoms with Gasteiger partial charge in [-0.25, -0.2) is 0 Å². The second kappa shape index (κ2) is 6.71. The largest absolute Gasteiger partial charge is 0.389 e. The molecule has 0 aliphatic heterocycles. The molecule has 100 valence electrons. The number of nitrogens with two attached hydrogens (primary N) is 1. The van der Waals surface area contributed by atoms with E-state index in [1.165, 1.54) is 0 Å². The van der Waals surface area contributed by atoms with Gasteiger partial charge in [-0.3, -0.25) is 0 Å². The normalized spacial score (nSPS) is 10.7. The van der Waals surface area contributed by atoms with Gasteiger partial charge in [0.1, 0.15) is 4.99 Å². The van der Waals surface area contributed by atoms with Gasteiger partial charge in [-0.05, 0) is 44.5 Å². The number of rotatable bonds is 6. The molecule has 0 fully saturated rings. The van der Waals surface area contributed by atoms with Gasteiger partial charge < -0.3 is 15.4 Å². The van der Waals surface area contributed by atoms with Crippen LogP contribution in [0.25, 0.3) is 0 Å². The van der Waals surface area contributed by atoms with E-state index in [1.54, 1.807) is 0 Å². The van der Waals surface area contributed by atoms with E-state index in [1.807, 2.05) is 32.9 Å². The van der Waals surface area contributed by atoms with Gasteiger partial charge in [-0.15, -0.1) is 0 Å². The number of nitrogens with zero attached hydrogens (tertiary/aromatic N) is 1. The molecular weight excluding hydrogens is 244 g/mol. The van der Waals surface area contributed by atoms with E-state index < -0.39 is 0 Å². The van der Waals surface area contributed by atoms with E-state index in [4.69, 9.17) is 22.7 Å². The Morgan fingerprint density at radius 2 is 2.11 bits per heavy atom. The molecule has 0 bridgehead atoms. The van der Waals surface area contributed by atoms with Gasteiger partial charge in [0.15, 0.2) is 0 Å². The van der Waals surface area contributed by atoms with Crippen molar-refractivity contribution in [1.82, 2.24) is 0 Å². The molecule has 18 heavy (non-hydrogen) atoms. The minimum absolute atomic E-state index is 0.275. The number of hydrogen-bond acceptors (Lipinski definition) is 3. The van der Waals surface area contributed by atoms with E-state index in [-0.39, 0.29) is 6.10 Å². The Balaban J connectivity index is 2.66. The van der Waals surface area contributed by atoms with Crippen molar-refractivity contribution in [3.8, 4) is 0 Å². The third-order valence-corrected chi connectivity index (χ3v) is 3.01. The minimum atomic E-state index is 0.275. The first-order valence-corrected chi connectivity index (χ1v) is 6.56. The fraction of sp³-hybridized carbons (Fsp3) is 0.500. The number of hydrogen-bond donors (Lipinski definition) is 1. The first-order chi connectivity index (χ1) is 8.41. The molecule has 0 amide bonds. The Morgan fingerprint density at radius 3 is 2.61 bits per heavy atom. The van der Waals surface area contributed by atoms with Crippen molar-refractivity contribution >= 4 is 22.9 Å². The fourth-order valence-electron chi connectivity index (χ4n) is 1.72. The van der Waals surface area contributed by atoms with Crippen LogP contribution < -0.4 is 10.6 Å². The van der Waals surface area contributed by atoms with Gasteiger partial charge in [0.05, 0.1) is 12.7 Å². The van der Waals surface area contributed by atoms with Crippen molar-refractivity contribution in [2.75, 3.05) is 25.1 Å². The zero-order valence-electron chi connectivity index (χ0n) is 11.6. The van der Waals surface area contributed by atoms with Gasteiger partial charge >= 0.3 is 0 Å². The summed E-state index contributed by atoms with van der Waals surface area (Å²) in [6.45, 7) is 7.70. The lowest BCUT2D eigenvalue weighted by Gasteiger charge is -2.21. The molecule has 0 heterocycles. The van der Waals surface area contributed by atoms with Crippen LogP contribution in [0.5, 0.6) is 0 Å². The Hall–Kier alpha value is -1.13. The molecule has 0 radical (unpaired) electrons. The van der Waals surface area contributed by atoms with Crippen LogP contribution in [0.4, 0.5) is 5.69 Å². The molecule has 2 N–H and O–H groups in total.